The van der Waals surface area contributed by atoms with Gasteiger partial charge in [-0.15, -0.1) is 11.8 Å². The van der Waals surface area contributed by atoms with Crippen LogP contribution in [-0.4, -0.2) is 92.2 Å². The van der Waals surface area contributed by atoms with E-state index in [4.69, 9.17) is 4.74 Å². The average molecular weight is 740 g/mol. The number of thioether (sulfide) groups is 1. The zero-order chi connectivity index (χ0) is 38.2. The Kier molecular flexibility index (Phi) is 11.6. The van der Waals surface area contributed by atoms with Crippen LogP contribution in [0.2, 0.25) is 0 Å². The first-order valence-corrected chi connectivity index (χ1v) is 20.2. The second-order valence-electron chi connectivity index (χ2n) is 17.4. The lowest BCUT2D eigenvalue weighted by Gasteiger charge is -2.62. The Balaban J connectivity index is 1.24. The summed E-state index contributed by atoms with van der Waals surface area (Å²) in [4.78, 5) is 34.6. The van der Waals surface area contributed by atoms with Crippen LogP contribution < -0.4 is 20.3 Å². The van der Waals surface area contributed by atoms with Crippen molar-refractivity contribution in [3.8, 4) is 16.9 Å². The molecule has 1 saturated heterocycles. The third-order valence-corrected chi connectivity index (χ3v) is 13.9. The van der Waals surface area contributed by atoms with E-state index in [1.165, 1.54) is 12.0 Å². The van der Waals surface area contributed by atoms with E-state index in [1.54, 1.807) is 7.11 Å². The standard InChI is InChI=1S/C44H61N5O3S/c1-28-37-23-33(43(37,2)3)24-38(28)46-42(51)40-44(4,5)53-27-49(40)25-30-17-14-18-36(39(30)52-10)31-20-32(22-35(21-31)48(8)9)41(50)45-34(26-47(6)7)19-29-15-12-11-13-16-29/h11-18,20-22,28,33-34,37-38,40H,19,23-27H2,1-10H3,(H,45,50)(H,46,51)/t28-,33-,34-,37+,38-,40+/m0/s1. The Morgan fingerprint density at radius 3 is 2.36 bits per heavy atom. The first-order valence-electron chi connectivity index (χ1n) is 19.3. The van der Waals surface area contributed by atoms with Crippen molar-refractivity contribution in [2.24, 2.45) is 23.2 Å². The van der Waals surface area contributed by atoms with E-state index in [0.29, 0.717) is 35.3 Å². The molecule has 8 nitrogen and oxygen atoms in total. The molecule has 0 spiro atoms. The third kappa shape index (κ3) is 8.27. The van der Waals surface area contributed by atoms with Crippen molar-refractivity contribution < 1.29 is 14.3 Å². The maximum atomic E-state index is 14.2. The summed E-state index contributed by atoms with van der Waals surface area (Å²) < 4.78 is 5.95. The smallest absolute Gasteiger partial charge is 0.251 e. The van der Waals surface area contributed by atoms with Gasteiger partial charge in [0.05, 0.1) is 7.11 Å². The lowest BCUT2D eigenvalue weighted by molar-refractivity contribution is -0.138. The second kappa shape index (κ2) is 15.7. The Bertz CT molecular complexity index is 1780. The number of amides is 2. The highest BCUT2D eigenvalue weighted by Gasteiger charge is 2.57. The number of fused-ring (bicyclic) bond motifs is 2. The molecule has 6 atom stereocenters. The predicted molar refractivity (Wildman–Crippen MR) is 220 cm³/mol. The number of para-hydroxylation sites is 1. The molecule has 3 aromatic carbocycles. The SMILES string of the molecule is COc1c(CN2CSC(C)(C)[C@H]2C(=O)N[C@H]2C[C@@H]3C[C@H]([C@@H]2C)C3(C)C)cccc1-c1cc(C(=O)N[C@@H](Cc2ccccc2)CN(C)C)cc(N(C)C)c1. The Morgan fingerprint density at radius 1 is 0.981 bits per heavy atom. The van der Waals surface area contributed by atoms with Gasteiger partial charge in [-0.1, -0.05) is 69.3 Å². The molecule has 3 saturated carbocycles. The predicted octanol–water partition coefficient (Wildman–Crippen LogP) is 7.17. The fourth-order valence-corrected chi connectivity index (χ4v) is 10.5. The van der Waals surface area contributed by atoms with E-state index in [-0.39, 0.29) is 34.7 Å². The van der Waals surface area contributed by atoms with Crippen molar-refractivity contribution in [2.75, 3.05) is 52.6 Å². The topological polar surface area (TPSA) is 77.1 Å². The van der Waals surface area contributed by atoms with Gasteiger partial charge in [-0.2, -0.15) is 0 Å². The van der Waals surface area contributed by atoms with Crippen LogP contribution in [-0.2, 0) is 17.8 Å². The number of likely N-dealkylation sites (N-methyl/N-ethyl adjacent to an activating group) is 1. The van der Waals surface area contributed by atoms with E-state index in [2.05, 4.69) is 91.5 Å². The van der Waals surface area contributed by atoms with Gasteiger partial charge in [0.15, 0.2) is 0 Å². The number of benzene rings is 3. The monoisotopic (exact) mass is 739 g/mol. The summed E-state index contributed by atoms with van der Waals surface area (Å²) >= 11 is 1.84. The minimum absolute atomic E-state index is 0.0594. The number of rotatable bonds is 13. The Hall–Kier alpha value is -3.53. The second-order valence-corrected chi connectivity index (χ2v) is 19.0. The van der Waals surface area contributed by atoms with Crippen molar-refractivity contribution in [3.05, 3.63) is 83.4 Å². The zero-order valence-electron chi connectivity index (χ0n) is 33.5. The van der Waals surface area contributed by atoms with Crippen molar-refractivity contribution >= 4 is 29.3 Å². The van der Waals surface area contributed by atoms with Gasteiger partial charge in [-0.25, -0.2) is 0 Å². The Labute approximate surface area is 322 Å². The molecule has 3 aliphatic carbocycles. The quantitative estimate of drug-likeness (QED) is 0.193. The largest absolute Gasteiger partial charge is 0.496 e. The van der Waals surface area contributed by atoms with Gasteiger partial charge in [-0.05, 0) is 99.7 Å². The third-order valence-electron chi connectivity index (χ3n) is 12.5. The number of nitrogens with one attached hydrogen (secondary N) is 2. The molecule has 0 unspecified atom stereocenters. The average Bonchev–Trinajstić information content (AvgIpc) is 3.41. The molecule has 2 amide bonds. The summed E-state index contributed by atoms with van der Waals surface area (Å²) in [5.74, 6) is 3.40. The van der Waals surface area contributed by atoms with Crippen LogP contribution in [0.15, 0.2) is 66.7 Å². The molecule has 286 valence electrons. The van der Waals surface area contributed by atoms with Crippen molar-refractivity contribution in [1.82, 2.24) is 20.4 Å². The molecular weight excluding hydrogens is 679 g/mol. The maximum absolute atomic E-state index is 14.2. The van der Waals surface area contributed by atoms with Gasteiger partial charge in [-0.3, -0.25) is 14.5 Å². The Morgan fingerprint density at radius 2 is 1.72 bits per heavy atom. The molecule has 7 rings (SSSR count). The number of methoxy groups -OCH3 is 1. The fourth-order valence-electron chi connectivity index (χ4n) is 9.38. The van der Waals surface area contributed by atoms with Gasteiger partial charge < -0.3 is 25.2 Å². The normalized spacial score (nSPS) is 25.0. The highest BCUT2D eigenvalue weighted by atomic mass is 32.2. The summed E-state index contributed by atoms with van der Waals surface area (Å²) in [5.41, 5.74) is 5.94. The van der Waals surface area contributed by atoms with E-state index >= 15 is 0 Å². The van der Waals surface area contributed by atoms with Crippen LogP contribution in [0, 0.1) is 23.2 Å². The van der Waals surface area contributed by atoms with Crippen LogP contribution in [0.3, 0.4) is 0 Å². The van der Waals surface area contributed by atoms with Gasteiger partial charge in [0.2, 0.25) is 5.91 Å². The van der Waals surface area contributed by atoms with E-state index < -0.39 is 0 Å². The molecular formula is C44H61N5O3S. The molecule has 4 aliphatic rings. The van der Waals surface area contributed by atoms with Crippen LogP contribution >= 0.6 is 11.8 Å². The summed E-state index contributed by atoms with van der Waals surface area (Å²) in [6.45, 7) is 12.8. The first kappa shape index (κ1) is 39.2. The first-order chi connectivity index (χ1) is 25.1. The maximum Gasteiger partial charge on any atom is 0.251 e. The van der Waals surface area contributed by atoms with Crippen LogP contribution in [0.5, 0.6) is 5.75 Å². The molecule has 2 bridgehead atoms. The van der Waals surface area contributed by atoms with Gasteiger partial charge >= 0.3 is 0 Å². The van der Waals surface area contributed by atoms with Crippen LogP contribution in [0.4, 0.5) is 5.69 Å². The van der Waals surface area contributed by atoms with Crippen molar-refractivity contribution in [2.45, 2.75) is 83.3 Å². The summed E-state index contributed by atoms with van der Waals surface area (Å²) in [6, 6.07) is 22.5. The van der Waals surface area contributed by atoms with E-state index in [9.17, 15) is 9.59 Å². The van der Waals surface area contributed by atoms with Gasteiger partial charge in [0, 0.05) is 72.3 Å². The zero-order valence-corrected chi connectivity index (χ0v) is 34.3. The lowest BCUT2D eigenvalue weighted by atomic mass is 9.45. The number of nitrogens with zero attached hydrogens (tertiary/aromatic N) is 3. The molecule has 3 aromatic rings. The van der Waals surface area contributed by atoms with Crippen molar-refractivity contribution in [3.63, 3.8) is 0 Å². The summed E-state index contributed by atoms with van der Waals surface area (Å²) in [5, 5.41) is 6.88. The molecule has 9 heteroatoms. The van der Waals surface area contributed by atoms with Gasteiger partial charge in [0.25, 0.3) is 5.91 Å². The minimum atomic E-state index is -0.266. The van der Waals surface area contributed by atoms with Crippen molar-refractivity contribution in [1.29, 1.82) is 0 Å². The number of carbonyl (C=O) groups is 2. The summed E-state index contributed by atoms with van der Waals surface area (Å²) in [6.07, 6.45) is 3.11. The summed E-state index contributed by atoms with van der Waals surface area (Å²) in [7, 11) is 9.77. The number of hydrogen-bond donors (Lipinski definition) is 2. The number of hydrogen-bond acceptors (Lipinski definition) is 7. The lowest BCUT2D eigenvalue weighted by Crippen LogP contribution is -2.63. The number of carbonyl (C=O) groups excluding carboxylic acids is 2. The molecule has 2 N–H and O–H groups in total. The number of anilines is 1. The number of ether oxygens (including phenoxy) is 1. The highest BCUT2D eigenvalue weighted by Crippen LogP contribution is 2.61. The minimum Gasteiger partial charge on any atom is -0.496 e. The molecule has 4 fully saturated rings. The van der Waals surface area contributed by atoms with Crippen LogP contribution in [0.25, 0.3) is 11.1 Å². The molecule has 1 aliphatic heterocycles. The van der Waals surface area contributed by atoms with E-state index in [1.807, 2.05) is 75.2 Å². The fraction of sp³-hybridized carbons (Fsp3) is 0.545. The molecule has 1 heterocycles. The highest BCUT2D eigenvalue weighted by molar-refractivity contribution is 8.00. The molecule has 53 heavy (non-hydrogen) atoms. The van der Waals surface area contributed by atoms with Crippen LogP contribution in [0.1, 0.15) is 68.9 Å². The van der Waals surface area contributed by atoms with Gasteiger partial charge in [0.1, 0.15) is 11.8 Å². The molecule has 0 radical (unpaired) electrons. The van der Waals surface area contributed by atoms with E-state index in [0.717, 1.165) is 53.4 Å². The molecule has 0 aromatic heterocycles.